The van der Waals surface area contributed by atoms with Crippen LogP contribution in [0.3, 0.4) is 0 Å². The molecule has 2 unspecified atom stereocenters. The van der Waals surface area contributed by atoms with Crippen LogP contribution in [0.2, 0.25) is 0 Å². The van der Waals surface area contributed by atoms with Gasteiger partial charge in [-0.3, -0.25) is 0 Å². The Morgan fingerprint density at radius 1 is 0.617 bits per heavy atom. The number of halogens is 6. The normalized spacial score (nSPS) is 49.1. The molecule has 15 heteroatoms. The van der Waals surface area contributed by atoms with Crippen molar-refractivity contribution in [2.24, 2.45) is 35.5 Å². The molecule has 12 atom stereocenters. The molecule has 8 heterocycles. The Bertz CT molecular complexity index is 1270. The van der Waals surface area contributed by atoms with E-state index in [1.165, 1.54) is 0 Å². The summed E-state index contributed by atoms with van der Waals surface area (Å²) in [5.41, 5.74) is -2.70. The Kier molecular flexibility index (Phi) is 7.46. The minimum atomic E-state index is -4.85. The first-order valence-electron chi connectivity index (χ1n) is 16.6. The number of hydrogen-bond acceptors (Lipinski definition) is 9. The molecule has 0 amide bonds. The van der Waals surface area contributed by atoms with Crippen LogP contribution in [0.15, 0.2) is 22.7 Å². The summed E-state index contributed by atoms with van der Waals surface area (Å²) in [5.74, 6) is -6.99. The summed E-state index contributed by atoms with van der Waals surface area (Å²) in [6, 6.07) is 0. The van der Waals surface area contributed by atoms with E-state index in [-0.39, 0.29) is 46.3 Å². The molecule has 10 rings (SSSR count). The fourth-order valence-electron chi connectivity index (χ4n) is 10.1. The average molecular weight is 699 g/mol. The van der Waals surface area contributed by atoms with E-state index < -0.39 is 71.1 Å². The molecule has 10 aliphatic rings. The molecule has 8 aliphatic heterocycles. The van der Waals surface area contributed by atoms with Crippen molar-refractivity contribution in [1.82, 2.24) is 0 Å². The zero-order chi connectivity index (χ0) is 33.4. The predicted molar refractivity (Wildman–Crippen MR) is 151 cm³/mol. The van der Waals surface area contributed by atoms with Gasteiger partial charge in [0.2, 0.25) is 35.7 Å². The number of allylic oxidation sites excluding steroid dienone is 2. The van der Waals surface area contributed by atoms with Crippen molar-refractivity contribution in [3.8, 4) is 0 Å². The fraction of sp³-hybridized carbons (Fsp3) is 0.875. The van der Waals surface area contributed by atoms with Crippen LogP contribution in [0.4, 0.5) is 26.3 Å². The van der Waals surface area contributed by atoms with Gasteiger partial charge in [0, 0.05) is 48.0 Å². The summed E-state index contributed by atoms with van der Waals surface area (Å²) in [6.07, 6.45) is -8.26. The first-order chi connectivity index (χ1) is 22.0. The lowest BCUT2D eigenvalue weighted by molar-refractivity contribution is -0.557. The summed E-state index contributed by atoms with van der Waals surface area (Å²) >= 11 is 0.978. The zero-order valence-electron chi connectivity index (χ0n) is 26.6. The molecule has 0 aromatic heterocycles. The summed E-state index contributed by atoms with van der Waals surface area (Å²) in [6.45, 7) is 7.35. The molecular formula is C32H40F6O8S. The first-order valence-corrected chi connectivity index (χ1v) is 17.8. The molecule has 2 saturated carbocycles. The number of rotatable bonds is 4. The lowest BCUT2D eigenvalue weighted by Crippen LogP contribution is -2.67. The van der Waals surface area contributed by atoms with Gasteiger partial charge in [0.1, 0.15) is 0 Å². The van der Waals surface area contributed by atoms with Crippen LogP contribution in [0.25, 0.3) is 0 Å². The monoisotopic (exact) mass is 698 g/mol. The summed E-state index contributed by atoms with van der Waals surface area (Å²) in [5, 5.41) is 0. The quantitative estimate of drug-likeness (QED) is 0.216. The number of thioether (sulfide) groups is 1. The average Bonchev–Trinajstić information content (AvgIpc) is 3.36. The predicted octanol–water partition coefficient (Wildman–Crippen LogP) is 7.84. The van der Waals surface area contributed by atoms with Gasteiger partial charge < -0.3 is 18.9 Å². The van der Waals surface area contributed by atoms with Crippen molar-refractivity contribution in [1.29, 1.82) is 0 Å². The third kappa shape index (κ3) is 4.79. The van der Waals surface area contributed by atoms with Gasteiger partial charge in [0.25, 0.3) is 0 Å². The van der Waals surface area contributed by atoms with Gasteiger partial charge in [-0.15, -0.1) is 0 Å². The van der Waals surface area contributed by atoms with E-state index >= 15 is 0 Å². The Morgan fingerprint density at radius 2 is 1.02 bits per heavy atom. The topological polar surface area (TPSA) is 73.8 Å². The maximum atomic E-state index is 14.7. The summed E-state index contributed by atoms with van der Waals surface area (Å²) in [4.78, 5) is 23.6. The Labute approximate surface area is 273 Å². The van der Waals surface area contributed by atoms with Gasteiger partial charge in [-0.2, -0.15) is 38.1 Å². The highest BCUT2D eigenvalue weighted by molar-refractivity contribution is 7.99. The molecular weight excluding hydrogens is 658 g/mol. The van der Waals surface area contributed by atoms with Crippen LogP contribution in [0.5, 0.6) is 0 Å². The highest BCUT2D eigenvalue weighted by Crippen LogP contribution is 2.64. The molecule has 0 radical (unpaired) electrons. The van der Waals surface area contributed by atoms with Gasteiger partial charge in [0.05, 0.1) is 0 Å². The summed E-state index contributed by atoms with van der Waals surface area (Å²) in [7, 11) is 0. The van der Waals surface area contributed by atoms with E-state index in [2.05, 4.69) is 0 Å². The molecule has 0 aromatic carbocycles. The molecule has 0 N–H and O–H groups in total. The van der Waals surface area contributed by atoms with Crippen molar-refractivity contribution in [3.63, 3.8) is 0 Å². The third-order valence-electron chi connectivity index (χ3n) is 12.3. The van der Waals surface area contributed by atoms with Crippen molar-refractivity contribution in [2.45, 2.75) is 127 Å². The van der Waals surface area contributed by atoms with Crippen LogP contribution in [0.1, 0.15) is 79.1 Å². The van der Waals surface area contributed by atoms with Gasteiger partial charge >= 0.3 is 12.4 Å². The highest BCUT2D eigenvalue weighted by Gasteiger charge is 2.72. The lowest BCUT2D eigenvalue weighted by Gasteiger charge is -2.58. The van der Waals surface area contributed by atoms with Crippen molar-refractivity contribution < 1.29 is 64.8 Å². The third-order valence-corrected chi connectivity index (χ3v) is 13.4. The van der Waals surface area contributed by atoms with Crippen molar-refractivity contribution in [3.05, 3.63) is 22.7 Å². The molecule has 0 aromatic rings. The molecule has 2 aliphatic carbocycles. The maximum Gasteiger partial charge on any atom is 0.449 e. The van der Waals surface area contributed by atoms with E-state index in [0.29, 0.717) is 51.4 Å². The number of alkyl halides is 6. The minimum Gasteiger partial charge on any atom is -0.456 e. The van der Waals surface area contributed by atoms with Gasteiger partial charge in [-0.05, 0) is 75.4 Å². The first kappa shape index (κ1) is 32.9. The number of fused-ring (bicyclic) bond motifs is 4. The van der Waals surface area contributed by atoms with Crippen LogP contribution >= 0.6 is 11.8 Å². The molecule has 6 saturated heterocycles. The largest absolute Gasteiger partial charge is 0.456 e. The van der Waals surface area contributed by atoms with E-state index in [1.807, 2.05) is 13.8 Å². The lowest BCUT2D eigenvalue weighted by atomic mass is 9.59. The van der Waals surface area contributed by atoms with Gasteiger partial charge in [0.15, 0.2) is 11.2 Å². The SMILES string of the molecule is C[C@@H]1CC[C@H]2C(CSCC3=C(C(F)(F)F)O[C@@H]4O[C@]5(C)CCC6[C@H](C)CC[C@@H]3[C@]64OO5)=C(C(F)(F)F)O[C@@H]3O[C@]4(C)CCC1[C@]32OO4. The smallest absolute Gasteiger partial charge is 0.449 e. The van der Waals surface area contributed by atoms with Crippen LogP contribution in [0, 0.1) is 35.5 Å². The summed E-state index contributed by atoms with van der Waals surface area (Å²) < 4.78 is 112. The Morgan fingerprint density at radius 3 is 1.40 bits per heavy atom. The molecule has 264 valence electrons. The van der Waals surface area contributed by atoms with Crippen molar-refractivity contribution >= 4 is 11.8 Å². The van der Waals surface area contributed by atoms with E-state index in [0.717, 1.165) is 11.8 Å². The molecule has 2 spiro atoms. The second-order valence-corrected chi connectivity index (χ2v) is 16.1. The minimum absolute atomic E-state index is 0.0451. The van der Waals surface area contributed by atoms with Gasteiger partial charge in [-0.1, -0.05) is 13.8 Å². The second-order valence-electron chi connectivity index (χ2n) is 15.1. The zero-order valence-corrected chi connectivity index (χ0v) is 27.4. The maximum absolute atomic E-state index is 14.7. The number of ether oxygens (including phenoxy) is 4. The van der Waals surface area contributed by atoms with Crippen LogP contribution in [-0.4, -0.2) is 59.2 Å². The second kappa shape index (κ2) is 10.6. The van der Waals surface area contributed by atoms with Crippen LogP contribution in [-0.2, 0) is 38.5 Å². The molecule has 4 bridgehead atoms. The standard InChI is InChI=1S/C32H40F6O8S/c1-15-5-7-21-17(23(31(33,34)35)39-25-29(21)19(15)9-11-27(3,41-25)43-45-29)13-47-14-18-22-8-6-16(2)20-10-12-28(4)42-26(30(20,22)46-44-28)40-24(18)32(36,37)38/h15-16,19-22,25-26H,5-14H2,1-4H3/t15-,16-,19?,20?,21+,22+,25-,26-,27+,28+,29-,30-/m1/s1. The Balaban J connectivity index is 1.15. The van der Waals surface area contributed by atoms with Crippen LogP contribution < -0.4 is 0 Å². The van der Waals surface area contributed by atoms with E-state index in [9.17, 15) is 26.3 Å². The van der Waals surface area contributed by atoms with E-state index in [4.69, 9.17) is 38.5 Å². The van der Waals surface area contributed by atoms with Gasteiger partial charge in [-0.25, -0.2) is 19.6 Å². The Hall–Kier alpha value is -1.23. The van der Waals surface area contributed by atoms with Crippen molar-refractivity contribution in [2.75, 3.05) is 11.5 Å². The molecule has 47 heavy (non-hydrogen) atoms. The molecule has 8 fully saturated rings. The molecule has 8 nitrogen and oxygen atoms in total. The van der Waals surface area contributed by atoms with E-state index in [1.54, 1.807) is 13.8 Å². The fourth-order valence-corrected chi connectivity index (χ4v) is 11.3. The highest BCUT2D eigenvalue weighted by atomic mass is 32.2. The number of hydrogen-bond donors (Lipinski definition) is 0.